The summed E-state index contributed by atoms with van der Waals surface area (Å²) in [6, 6.07) is 5.01. The van der Waals surface area contributed by atoms with Crippen LogP contribution >= 0.6 is 0 Å². The van der Waals surface area contributed by atoms with Crippen molar-refractivity contribution < 1.29 is 4.39 Å². The zero-order valence-corrected chi connectivity index (χ0v) is 8.09. The van der Waals surface area contributed by atoms with E-state index in [0.29, 0.717) is 11.4 Å². The molecule has 1 aromatic rings. The van der Waals surface area contributed by atoms with Gasteiger partial charge in [0.1, 0.15) is 13.7 Å². The molecule has 1 aromatic carbocycles. The van der Waals surface area contributed by atoms with Crippen LogP contribution in [0.5, 0.6) is 0 Å². The Labute approximate surface area is 85.1 Å². The van der Waals surface area contributed by atoms with Crippen LogP contribution in [0, 0.1) is 5.82 Å². The first-order valence-corrected chi connectivity index (χ1v) is 5.03. The van der Waals surface area contributed by atoms with E-state index in [2.05, 4.69) is 5.32 Å². The Balaban J connectivity index is 2.22. The monoisotopic (exact) mass is 189 g/mol. The summed E-state index contributed by atoms with van der Waals surface area (Å²) in [6.07, 6.45) is 2.03. The third-order valence-electron chi connectivity index (χ3n) is 2.80. The topological polar surface area (TPSA) is 12.0 Å². The highest BCUT2D eigenvalue weighted by atomic mass is 19.1. The predicted octanol–water partition coefficient (Wildman–Crippen LogP) is 1.09. The van der Waals surface area contributed by atoms with Crippen LogP contribution in [0.4, 0.5) is 4.39 Å². The minimum absolute atomic E-state index is 0.156. The summed E-state index contributed by atoms with van der Waals surface area (Å²) < 4.78 is 13.5. The Morgan fingerprint density at radius 1 is 1.29 bits per heavy atom. The third kappa shape index (κ3) is 1.98. The van der Waals surface area contributed by atoms with E-state index in [9.17, 15) is 4.39 Å². The maximum atomic E-state index is 13.5. The van der Waals surface area contributed by atoms with Crippen molar-refractivity contribution in [1.29, 1.82) is 0 Å². The van der Waals surface area contributed by atoms with Crippen molar-refractivity contribution in [3.63, 3.8) is 0 Å². The van der Waals surface area contributed by atoms with Gasteiger partial charge >= 0.3 is 0 Å². The molecule has 1 aliphatic rings. The van der Waals surface area contributed by atoms with Crippen LogP contribution in [0.15, 0.2) is 18.2 Å². The molecule has 1 nitrogen and oxygen atoms in total. The molecule has 1 N–H and O–H groups in total. The quantitative estimate of drug-likeness (QED) is 0.652. The number of hydrogen-bond donors (Lipinski definition) is 1. The van der Waals surface area contributed by atoms with Crippen LogP contribution in [0.2, 0.25) is 0 Å². The van der Waals surface area contributed by atoms with Gasteiger partial charge in [-0.25, -0.2) is 4.39 Å². The van der Waals surface area contributed by atoms with E-state index in [1.54, 1.807) is 6.07 Å². The number of hydrogen-bond acceptors (Lipinski definition) is 1. The van der Waals surface area contributed by atoms with Gasteiger partial charge in [0.25, 0.3) is 0 Å². The average molecular weight is 189 g/mol. The molecule has 2 radical (unpaired) electrons. The third-order valence-corrected chi connectivity index (χ3v) is 2.80. The van der Waals surface area contributed by atoms with E-state index in [0.717, 1.165) is 31.5 Å². The Hall–Kier alpha value is -0.825. The van der Waals surface area contributed by atoms with Gasteiger partial charge in [-0.2, -0.15) is 0 Å². The summed E-state index contributed by atoms with van der Waals surface area (Å²) in [5.41, 5.74) is 1.32. The van der Waals surface area contributed by atoms with Gasteiger partial charge in [-0.05, 0) is 43.5 Å². The highest BCUT2D eigenvalue weighted by molar-refractivity contribution is 6.32. The second-order valence-electron chi connectivity index (χ2n) is 3.81. The van der Waals surface area contributed by atoms with Gasteiger partial charge in [0, 0.05) is 0 Å². The zero-order chi connectivity index (χ0) is 9.97. The van der Waals surface area contributed by atoms with Crippen molar-refractivity contribution in [2.45, 2.75) is 18.8 Å². The van der Waals surface area contributed by atoms with Crippen LogP contribution in [0.25, 0.3) is 0 Å². The maximum Gasteiger partial charge on any atom is 0.126 e. The smallest absolute Gasteiger partial charge is 0.126 e. The van der Waals surface area contributed by atoms with Crippen molar-refractivity contribution in [1.82, 2.24) is 5.32 Å². The predicted molar refractivity (Wildman–Crippen MR) is 56.6 cm³/mol. The van der Waals surface area contributed by atoms with Crippen LogP contribution in [0.3, 0.4) is 0 Å². The number of nitrogens with one attached hydrogen (secondary N) is 1. The summed E-state index contributed by atoms with van der Waals surface area (Å²) in [7, 11) is 5.50. The fourth-order valence-electron chi connectivity index (χ4n) is 2.01. The minimum atomic E-state index is -0.156. The summed E-state index contributed by atoms with van der Waals surface area (Å²) >= 11 is 0. The SMILES string of the molecule is [B]c1ccc(C2CCNCC2)c(F)c1. The van der Waals surface area contributed by atoms with Gasteiger partial charge < -0.3 is 5.32 Å². The number of piperidine rings is 1. The van der Waals surface area contributed by atoms with Crippen LogP contribution in [-0.2, 0) is 0 Å². The van der Waals surface area contributed by atoms with Crippen molar-refractivity contribution in [3.8, 4) is 0 Å². The Kier molecular flexibility index (Phi) is 2.87. The second kappa shape index (κ2) is 4.14. The summed E-state index contributed by atoms with van der Waals surface area (Å²) in [5, 5.41) is 3.27. The lowest BCUT2D eigenvalue weighted by Gasteiger charge is -2.23. The first-order chi connectivity index (χ1) is 6.77. The fourth-order valence-corrected chi connectivity index (χ4v) is 2.01. The maximum absolute atomic E-state index is 13.5. The number of rotatable bonds is 1. The largest absolute Gasteiger partial charge is 0.317 e. The first kappa shape index (κ1) is 9.72. The van der Waals surface area contributed by atoms with Crippen molar-refractivity contribution in [3.05, 3.63) is 29.6 Å². The molecule has 0 aliphatic carbocycles. The Morgan fingerprint density at radius 3 is 2.64 bits per heavy atom. The Morgan fingerprint density at radius 2 is 2.00 bits per heavy atom. The van der Waals surface area contributed by atoms with Gasteiger partial charge in [-0.1, -0.05) is 17.6 Å². The lowest BCUT2D eigenvalue weighted by atomic mass is 9.87. The van der Waals surface area contributed by atoms with E-state index < -0.39 is 0 Å². The van der Waals surface area contributed by atoms with Crippen LogP contribution < -0.4 is 10.8 Å². The van der Waals surface area contributed by atoms with Gasteiger partial charge in [0.05, 0.1) is 0 Å². The molecule has 1 aliphatic heterocycles. The summed E-state index contributed by atoms with van der Waals surface area (Å²) in [4.78, 5) is 0. The van der Waals surface area contributed by atoms with Crippen molar-refractivity contribution >= 4 is 13.3 Å². The van der Waals surface area contributed by atoms with E-state index in [1.165, 1.54) is 6.07 Å². The number of halogens is 1. The summed E-state index contributed by atoms with van der Waals surface area (Å²) in [5.74, 6) is 0.203. The molecule has 1 fully saturated rings. The van der Waals surface area contributed by atoms with Gasteiger partial charge in [0.2, 0.25) is 0 Å². The van der Waals surface area contributed by atoms with E-state index in [1.807, 2.05) is 6.07 Å². The summed E-state index contributed by atoms with van der Waals surface area (Å²) in [6.45, 7) is 1.96. The lowest BCUT2D eigenvalue weighted by Crippen LogP contribution is -2.27. The molecule has 0 bridgehead atoms. The molecule has 1 saturated heterocycles. The molecule has 2 rings (SSSR count). The zero-order valence-electron chi connectivity index (χ0n) is 8.09. The Bertz CT molecular complexity index is 321. The van der Waals surface area contributed by atoms with E-state index >= 15 is 0 Å². The van der Waals surface area contributed by atoms with Crippen LogP contribution in [0.1, 0.15) is 24.3 Å². The molecular weight excluding hydrogens is 176 g/mol. The van der Waals surface area contributed by atoms with Crippen molar-refractivity contribution in [2.75, 3.05) is 13.1 Å². The minimum Gasteiger partial charge on any atom is -0.317 e. The molecule has 0 amide bonds. The standard InChI is InChI=1S/C11H13BFN/c12-9-1-2-10(11(13)7-9)8-3-5-14-6-4-8/h1-2,7-8,14H,3-6H2. The fraction of sp³-hybridized carbons (Fsp3) is 0.455. The average Bonchev–Trinajstić information content (AvgIpc) is 2.19. The second-order valence-corrected chi connectivity index (χ2v) is 3.81. The molecule has 14 heavy (non-hydrogen) atoms. The lowest BCUT2D eigenvalue weighted by molar-refractivity contribution is 0.445. The van der Waals surface area contributed by atoms with Gasteiger partial charge in [-0.15, -0.1) is 0 Å². The molecule has 1 heterocycles. The molecule has 0 spiro atoms. The first-order valence-electron chi connectivity index (χ1n) is 5.03. The molecule has 72 valence electrons. The molecule has 0 aromatic heterocycles. The highest BCUT2D eigenvalue weighted by Gasteiger charge is 2.17. The van der Waals surface area contributed by atoms with Gasteiger partial charge in [0.15, 0.2) is 0 Å². The molecular formula is C11H13BFN. The molecule has 3 heteroatoms. The van der Waals surface area contributed by atoms with Crippen LogP contribution in [-0.4, -0.2) is 20.9 Å². The van der Waals surface area contributed by atoms with E-state index in [-0.39, 0.29) is 5.82 Å². The highest BCUT2D eigenvalue weighted by Crippen LogP contribution is 2.26. The van der Waals surface area contributed by atoms with E-state index in [4.69, 9.17) is 7.85 Å². The molecule has 0 saturated carbocycles. The number of benzene rings is 1. The van der Waals surface area contributed by atoms with Crippen molar-refractivity contribution in [2.24, 2.45) is 0 Å². The molecule has 0 unspecified atom stereocenters. The molecule has 0 atom stereocenters. The normalized spacial score (nSPS) is 18.4. The van der Waals surface area contributed by atoms with Gasteiger partial charge in [-0.3, -0.25) is 0 Å².